The fraction of sp³-hybridized carbons (Fsp3) is 0.681. The highest BCUT2D eigenvalue weighted by Crippen LogP contribution is 2.40. The number of unbranched alkanes of at least 4 members (excludes halogenated alkanes) is 3. The van der Waals surface area contributed by atoms with Crippen LogP contribution in [0.3, 0.4) is 0 Å². The smallest absolute Gasteiger partial charge is 0.306 e. The Morgan fingerprint density at radius 3 is 1.53 bits per heavy atom. The van der Waals surface area contributed by atoms with Gasteiger partial charge in [-0.2, -0.15) is 28.8 Å². The number of sulfonamides is 2. The van der Waals surface area contributed by atoms with Gasteiger partial charge in [0.1, 0.15) is 18.0 Å². The van der Waals surface area contributed by atoms with E-state index in [9.17, 15) is 31.1 Å². The van der Waals surface area contributed by atoms with Gasteiger partial charge in [0.15, 0.2) is 34.9 Å². The van der Waals surface area contributed by atoms with Gasteiger partial charge in [0.05, 0.1) is 18.1 Å². The highest BCUT2D eigenvalue weighted by molar-refractivity contribution is 7.89. The van der Waals surface area contributed by atoms with Gasteiger partial charge in [0.2, 0.25) is 31.9 Å². The molecule has 0 saturated carbocycles. The van der Waals surface area contributed by atoms with Gasteiger partial charge in [-0.1, -0.05) is 39.0 Å². The quantitative estimate of drug-likeness (QED) is 0.0459. The molecule has 8 rings (SSSR count). The van der Waals surface area contributed by atoms with Gasteiger partial charge in [-0.15, -0.1) is 0 Å². The van der Waals surface area contributed by atoms with E-state index in [0.29, 0.717) is 37.3 Å². The maximum Gasteiger partial charge on any atom is 0.306 e. The molecule has 2 unspecified atom stereocenters. The van der Waals surface area contributed by atoms with Gasteiger partial charge < -0.3 is 30.3 Å². The Bertz CT molecular complexity index is 2680. The molecular formula is C47H72F2N14O7S2. The lowest BCUT2D eigenvalue weighted by Gasteiger charge is -2.49. The van der Waals surface area contributed by atoms with Gasteiger partial charge in [-0.25, -0.2) is 35.6 Å². The molecule has 398 valence electrons. The van der Waals surface area contributed by atoms with Crippen LogP contribution in [-0.2, 0) is 42.8 Å². The molecule has 72 heavy (non-hydrogen) atoms. The van der Waals surface area contributed by atoms with E-state index in [-0.39, 0.29) is 95.7 Å². The first kappa shape index (κ1) is 54.7. The summed E-state index contributed by atoms with van der Waals surface area (Å²) >= 11 is 0. The zero-order valence-corrected chi connectivity index (χ0v) is 44.1. The van der Waals surface area contributed by atoms with Crippen LogP contribution >= 0.6 is 0 Å². The molecule has 4 saturated heterocycles. The Morgan fingerprint density at radius 2 is 1.14 bits per heavy atom. The fourth-order valence-electron chi connectivity index (χ4n) is 10.6. The lowest BCUT2D eigenvalue weighted by Crippen LogP contribution is -2.58. The van der Waals surface area contributed by atoms with E-state index < -0.39 is 44.3 Å². The van der Waals surface area contributed by atoms with Crippen molar-refractivity contribution in [3.05, 3.63) is 46.5 Å². The van der Waals surface area contributed by atoms with Crippen LogP contribution in [0.4, 0.5) is 43.9 Å². The predicted molar refractivity (Wildman–Crippen MR) is 270 cm³/mol. The summed E-state index contributed by atoms with van der Waals surface area (Å²) in [4.78, 5) is 33.7. The van der Waals surface area contributed by atoms with Crippen molar-refractivity contribution in [1.82, 2.24) is 48.9 Å². The largest absolute Gasteiger partial charge is 0.459 e. The topological polar surface area (TPSA) is 261 Å². The number of anilines is 6. The first-order chi connectivity index (χ1) is 34.4. The highest BCUT2D eigenvalue weighted by Gasteiger charge is 2.46. The van der Waals surface area contributed by atoms with Crippen LogP contribution in [0.15, 0.2) is 12.1 Å². The molecule has 4 bridgehead atoms. The van der Waals surface area contributed by atoms with E-state index >= 15 is 4.39 Å². The SMILES string of the molecule is CCCCCCC(=O)OCc1nc(N(C)C2C[C@H]3CCC[C@@H](C2)N3S(=O)(=O)CC)nc(Nc2cc(C)[nH]n2)c1F.CCS(=O)(=O)N1[C@@H]2CCC[C@H]1CC(N(C)c1nc(CO)c(F)c(Nc3cc(C)[nH]n3)n1)C2. The molecule has 4 fully saturated rings. The molecule has 4 aliphatic heterocycles. The van der Waals surface area contributed by atoms with Crippen molar-refractivity contribution in [1.29, 1.82) is 0 Å². The first-order valence-electron chi connectivity index (χ1n) is 25.3. The summed E-state index contributed by atoms with van der Waals surface area (Å²) in [5.74, 6) is -0.414. The molecule has 5 N–H and O–H groups in total. The minimum atomic E-state index is -3.31. The van der Waals surface area contributed by atoms with E-state index in [0.717, 1.165) is 75.6 Å². The molecule has 0 radical (unpaired) electrons. The van der Waals surface area contributed by atoms with Crippen molar-refractivity contribution in [2.45, 2.75) is 180 Å². The van der Waals surface area contributed by atoms with Crippen molar-refractivity contribution >= 4 is 61.2 Å². The fourth-order valence-corrected chi connectivity index (χ4v) is 13.7. The molecule has 4 aliphatic rings. The number of ether oxygens (including phenoxy) is 1. The number of aromatic nitrogens is 8. The Hall–Kier alpha value is -5.11. The second-order valence-electron chi connectivity index (χ2n) is 19.4. The number of esters is 1. The third kappa shape index (κ3) is 12.8. The normalized spacial score (nSPS) is 22.4. The second kappa shape index (κ2) is 23.8. The molecule has 0 aliphatic carbocycles. The molecular weight excluding hydrogens is 975 g/mol. The van der Waals surface area contributed by atoms with Crippen LogP contribution in [0, 0.1) is 25.5 Å². The summed E-state index contributed by atoms with van der Waals surface area (Å²) < 4.78 is 90.1. The maximum absolute atomic E-state index is 15.6. The van der Waals surface area contributed by atoms with Crippen molar-refractivity contribution in [2.24, 2.45) is 0 Å². The minimum Gasteiger partial charge on any atom is -0.459 e. The molecule has 4 aromatic rings. The van der Waals surface area contributed by atoms with Crippen LogP contribution in [0.2, 0.25) is 0 Å². The average molecular weight is 1050 g/mol. The molecule has 0 amide bonds. The predicted octanol–water partition coefficient (Wildman–Crippen LogP) is 6.63. The molecule has 6 atom stereocenters. The van der Waals surface area contributed by atoms with Crippen LogP contribution < -0.4 is 20.4 Å². The number of fused-ring (bicyclic) bond motifs is 4. The number of aryl methyl sites for hydroxylation is 2. The zero-order valence-electron chi connectivity index (χ0n) is 42.5. The summed E-state index contributed by atoms with van der Waals surface area (Å²) in [7, 11) is -2.89. The van der Waals surface area contributed by atoms with Gasteiger partial charge in [0.25, 0.3) is 0 Å². The Kier molecular flexibility index (Phi) is 18.1. The Labute approximate surface area is 421 Å². The summed E-state index contributed by atoms with van der Waals surface area (Å²) in [6, 6.07) is 3.15. The lowest BCUT2D eigenvalue weighted by molar-refractivity contribution is -0.145. The minimum absolute atomic E-state index is 0.00564. The van der Waals surface area contributed by atoms with E-state index in [4.69, 9.17) is 4.74 Å². The third-order valence-corrected chi connectivity index (χ3v) is 18.3. The molecule has 25 heteroatoms. The Balaban J connectivity index is 0.000000216. The van der Waals surface area contributed by atoms with Crippen LogP contribution in [-0.4, -0.2) is 139 Å². The number of carbonyl (C=O) groups excluding carboxylic acids is 1. The second-order valence-corrected chi connectivity index (χ2v) is 23.8. The Morgan fingerprint density at radius 1 is 0.708 bits per heavy atom. The number of piperidine rings is 4. The number of hydrogen-bond acceptors (Lipinski definition) is 17. The number of nitrogens with zero attached hydrogens (tertiary/aromatic N) is 10. The number of rotatable bonds is 20. The molecule has 4 aromatic heterocycles. The summed E-state index contributed by atoms with van der Waals surface area (Å²) in [6.45, 7) is 8.25. The number of aliphatic hydroxyl groups is 1. The number of halogens is 2. The van der Waals surface area contributed by atoms with Gasteiger partial charge in [0, 0.05) is 80.3 Å². The number of nitrogens with one attached hydrogen (secondary N) is 4. The number of H-pyrrole nitrogens is 2. The van der Waals surface area contributed by atoms with Gasteiger partial charge >= 0.3 is 5.97 Å². The molecule has 21 nitrogen and oxygen atoms in total. The molecule has 0 spiro atoms. The van der Waals surface area contributed by atoms with Crippen molar-refractivity contribution < 1.29 is 40.3 Å². The van der Waals surface area contributed by atoms with Crippen LogP contribution in [0.5, 0.6) is 0 Å². The molecule has 0 aromatic carbocycles. The molecule has 8 heterocycles. The van der Waals surface area contributed by atoms with Gasteiger partial charge in [-0.3, -0.25) is 15.0 Å². The summed E-state index contributed by atoms with van der Waals surface area (Å²) in [5.41, 5.74) is 1.47. The van der Waals surface area contributed by atoms with E-state index in [2.05, 4.69) is 57.9 Å². The number of aliphatic hydroxyl groups excluding tert-OH is 1. The number of carbonyl (C=O) groups is 1. The van der Waals surface area contributed by atoms with E-state index in [1.54, 1.807) is 34.6 Å². The average Bonchev–Trinajstić information content (AvgIpc) is 3.98. The van der Waals surface area contributed by atoms with Crippen molar-refractivity contribution in [3.63, 3.8) is 0 Å². The first-order valence-corrected chi connectivity index (χ1v) is 28.5. The van der Waals surface area contributed by atoms with Crippen LogP contribution in [0.25, 0.3) is 0 Å². The van der Waals surface area contributed by atoms with E-state index in [1.165, 1.54) is 0 Å². The standard InChI is InChI=1S/C27H42FN7O4S.C20H30FN7O3S/c1-5-7-8-9-13-24(36)39-17-22-25(28)26(30-23-14-18(3)32-33-23)31-27(29-22)34(4)21-15-19-11-10-12-20(16-21)35(19)40(37,38)6-2;1-4-32(30,31)28-13-6-5-7-14(28)10-15(9-13)27(3)20-22-16(11-29)18(21)19(24-20)23-17-8-12(2)25-26-17/h14,19-21H,5-13,15-17H2,1-4H3,(H2,29,30,31,32,33);8,13-15,29H,4-7,9-11H2,1-3H3,(H2,22,23,24,25,26)/t19-,20+,21?;13-,14+,15?. The van der Waals surface area contributed by atoms with Crippen LogP contribution in [0.1, 0.15) is 140 Å². The third-order valence-electron chi connectivity index (χ3n) is 14.3. The maximum atomic E-state index is 15.6. The van der Waals surface area contributed by atoms with Gasteiger partial charge in [-0.05, 0) is 85.5 Å². The van der Waals surface area contributed by atoms with Crippen molar-refractivity contribution in [3.8, 4) is 0 Å². The number of aromatic amines is 2. The summed E-state index contributed by atoms with van der Waals surface area (Å²) in [5, 5.41) is 29.2. The van der Waals surface area contributed by atoms with E-state index in [1.807, 2.05) is 37.7 Å². The number of hydrogen-bond donors (Lipinski definition) is 5. The zero-order chi connectivity index (χ0) is 51.9. The monoisotopic (exact) mass is 1050 g/mol. The lowest BCUT2D eigenvalue weighted by atomic mass is 9.83. The summed E-state index contributed by atoms with van der Waals surface area (Å²) in [6.07, 6.45) is 12.0. The highest BCUT2D eigenvalue weighted by atomic mass is 32.2. The van der Waals surface area contributed by atoms with Crippen molar-refractivity contribution in [2.75, 3.05) is 46.0 Å².